The van der Waals surface area contributed by atoms with Gasteiger partial charge < -0.3 is 20.4 Å². The first kappa shape index (κ1) is 17.0. The van der Waals surface area contributed by atoms with Gasteiger partial charge in [0.15, 0.2) is 0 Å². The predicted octanol–water partition coefficient (Wildman–Crippen LogP) is -0.0388. The van der Waals surface area contributed by atoms with Gasteiger partial charge in [0.2, 0.25) is 5.92 Å². The van der Waals surface area contributed by atoms with Crippen molar-refractivity contribution in [3.05, 3.63) is 0 Å². The Balaban J connectivity index is 1.84. The highest BCUT2D eigenvalue weighted by molar-refractivity contribution is 4.94. The van der Waals surface area contributed by atoms with Crippen LogP contribution in [0, 0.1) is 5.92 Å². The molecule has 1 saturated heterocycles. The molecule has 2 aliphatic rings. The Morgan fingerprint density at radius 1 is 1.05 bits per heavy atom. The number of aliphatic hydroxyl groups is 4. The van der Waals surface area contributed by atoms with Crippen LogP contribution in [0.25, 0.3) is 0 Å². The zero-order valence-electron chi connectivity index (χ0n) is 12.0. The van der Waals surface area contributed by atoms with Crippen molar-refractivity contribution in [3.8, 4) is 0 Å². The lowest BCUT2D eigenvalue weighted by Crippen LogP contribution is -2.62. The van der Waals surface area contributed by atoms with Crippen molar-refractivity contribution < 1.29 is 29.2 Å². The molecule has 5 nitrogen and oxygen atoms in total. The summed E-state index contributed by atoms with van der Waals surface area (Å²) in [6.07, 6.45) is -2.01. The maximum absolute atomic E-state index is 13.1. The first-order chi connectivity index (χ1) is 9.84. The van der Waals surface area contributed by atoms with Crippen LogP contribution in [0.1, 0.15) is 32.1 Å². The van der Waals surface area contributed by atoms with E-state index < -0.39 is 30.3 Å². The molecule has 0 spiro atoms. The Morgan fingerprint density at radius 3 is 2.24 bits per heavy atom. The third-order valence-electron chi connectivity index (χ3n) is 4.88. The number of nitrogens with zero attached hydrogens (tertiary/aromatic N) is 1. The van der Waals surface area contributed by atoms with Gasteiger partial charge in [-0.3, -0.25) is 4.90 Å². The van der Waals surface area contributed by atoms with Gasteiger partial charge in [0.05, 0.1) is 18.8 Å². The number of piperidine rings is 1. The number of hydrogen-bond donors (Lipinski definition) is 4. The molecule has 124 valence electrons. The fourth-order valence-electron chi connectivity index (χ4n) is 3.37. The van der Waals surface area contributed by atoms with Gasteiger partial charge in [-0.05, 0) is 31.7 Å². The Bertz CT molecular complexity index is 335. The summed E-state index contributed by atoms with van der Waals surface area (Å²) in [5.74, 6) is -2.32. The Kier molecular flexibility index (Phi) is 5.54. The van der Waals surface area contributed by atoms with E-state index >= 15 is 0 Å². The average molecular weight is 309 g/mol. The van der Waals surface area contributed by atoms with Gasteiger partial charge in [0.25, 0.3) is 0 Å². The minimum absolute atomic E-state index is 0.0783. The summed E-state index contributed by atoms with van der Waals surface area (Å²) >= 11 is 0. The maximum Gasteiger partial charge on any atom is 0.248 e. The maximum atomic E-state index is 13.1. The van der Waals surface area contributed by atoms with Crippen LogP contribution in [-0.2, 0) is 0 Å². The van der Waals surface area contributed by atoms with E-state index in [9.17, 15) is 29.2 Å². The molecular formula is C14H25F2NO4. The second-order valence-electron chi connectivity index (χ2n) is 6.38. The second-order valence-corrected chi connectivity index (χ2v) is 6.38. The van der Waals surface area contributed by atoms with Gasteiger partial charge >= 0.3 is 0 Å². The summed E-state index contributed by atoms with van der Waals surface area (Å²) in [5.41, 5.74) is 0. The van der Waals surface area contributed by atoms with Crippen LogP contribution in [0.5, 0.6) is 0 Å². The highest BCUT2D eigenvalue weighted by Gasteiger charge is 2.41. The Labute approximate surface area is 123 Å². The predicted molar refractivity (Wildman–Crippen MR) is 72.0 cm³/mol. The quantitative estimate of drug-likeness (QED) is 0.586. The minimum atomic E-state index is -2.54. The number of hydrogen-bond acceptors (Lipinski definition) is 5. The first-order valence-corrected chi connectivity index (χ1v) is 7.61. The molecule has 0 radical (unpaired) electrons. The molecular weight excluding hydrogens is 284 g/mol. The van der Waals surface area contributed by atoms with Crippen molar-refractivity contribution in [3.63, 3.8) is 0 Å². The standard InChI is InChI=1S/C14H25F2NO4/c15-14(16)4-1-9(2-5-14)3-6-17-7-11(19)13(21)12(20)10(17)8-18/h9-13,18-21H,1-8H2/t10-,11-,12+,13+/m0/s1. The summed E-state index contributed by atoms with van der Waals surface area (Å²) in [4.78, 5) is 1.74. The fourth-order valence-corrected chi connectivity index (χ4v) is 3.37. The number of alkyl halides is 2. The van der Waals surface area contributed by atoms with Crippen LogP contribution in [0.15, 0.2) is 0 Å². The SMILES string of the molecule is OC[C@H]1[C@@H](O)[C@H](O)[C@@H](O)CN1CCC1CCC(F)(F)CC1. The molecule has 2 fully saturated rings. The van der Waals surface area contributed by atoms with E-state index in [0.717, 1.165) is 0 Å². The topological polar surface area (TPSA) is 84.2 Å². The van der Waals surface area contributed by atoms with E-state index in [4.69, 9.17) is 0 Å². The van der Waals surface area contributed by atoms with Crippen LogP contribution in [-0.4, -0.2) is 75.3 Å². The third-order valence-corrected chi connectivity index (χ3v) is 4.88. The van der Waals surface area contributed by atoms with E-state index in [1.807, 2.05) is 0 Å². The van der Waals surface area contributed by atoms with E-state index in [-0.39, 0.29) is 31.9 Å². The van der Waals surface area contributed by atoms with Crippen LogP contribution >= 0.6 is 0 Å². The van der Waals surface area contributed by atoms with Crippen LogP contribution in [0.3, 0.4) is 0 Å². The molecule has 21 heavy (non-hydrogen) atoms. The van der Waals surface area contributed by atoms with Gasteiger partial charge in [-0.15, -0.1) is 0 Å². The zero-order valence-corrected chi connectivity index (χ0v) is 12.0. The molecule has 0 aromatic rings. The smallest absolute Gasteiger partial charge is 0.248 e. The molecule has 0 aromatic carbocycles. The number of aliphatic hydroxyl groups excluding tert-OH is 4. The molecule has 0 aromatic heterocycles. The summed E-state index contributed by atoms with van der Waals surface area (Å²) in [5, 5.41) is 38.5. The monoisotopic (exact) mass is 309 g/mol. The van der Waals surface area contributed by atoms with E-state index in [0.29, 0.717) is 25.8 Å². The molecule has 4 atom stereocenters. The number of rotatable bonds is 4. The van der Waals surface area contributed by atoms with Crippen LogP contribution < -0.4 is 0 Å². The van der Waals surface area contributed by atoms with Crippen molar-refractivity contribution in [2.45, 2.75) is 62.4 Å². The third kappa shape index (κ3) is 4.10. The molecule has 1 heterocycles. The average Bonchev–Trinajstić information content (AvgIpc) is 2.44. The molecule has 2 rings (SSSR count). The van der Waals surface area contributed by atoms with Gasteiger partial charge in [-0.1, -0.05) is 0 Å². The molecule has 0 bridgehead atoms. The van der Waals surface area contributed by atoms with E-state index in [1.165, 1.54) is 0 Å². The van der Waals surface area contributed by atoms with Crippen molar-refractivity contribution in [1.29, 1.82) is 0 Å². The fraction of sp³-hybridized carbons (Fsp3) is 1.00. The Hall–Kier alpha value is -0.340. The van der Waals surface area contributed by atoms with Gasteiger partial charge in [-0.25, -0.2) is 8.78 Å². The molecule has 1 saturated carbocycles. The lowest BCUT2D eigenvalue weighted by atomic mass is 9.84. The summed E-state index contributed by atoms with van der Waals surface area (Å²) in [6.45, 7) is 0.377. The highest BCUT2D eigenvalue weighted by atomic mass is 19.3. The van der Waals surface area contributed by atoms with Crippen molar-refractivity contribution >= 4 is 0 Å². The Morgan fingerprint density at radius 2 is 1.67 bits per heavy atom. The van der Waals surface area contributed by atoms with Gasteiger partial charge in [0.1, 0.15) is 12.2 Å². The second kappa shape index (κ2) is 6.83. The molecule has 1 aliphatic heterocycles. The first-order valence-electron chi connectivity index (χ1n) is 7.61. The zero-order chi connectivity index (χ0) is 15.6. The lowest BCUT2D eigenvalue weighted by Gasteiger charge is -2.43. The molecule has 0 amide bonds. The summed E-state index contributed by atoms with van der Waals surface area (Å²) in [7, 11) is 0. The molecule has 7 heteroatoms. The minimum Gasteiger partial charge on any atom is -0.395 e. The summed E-state index contributed by atoms with van der Waals surface area (Å²) < 4.78 is 26.2. The number of halogens is 2. The van der Waals surface area contributed by atoms with Crippen molar-refractivity contribution in [1.82, 2.24) is 4.90 Å². The number of likely N-dealkylation sites (tertiary alicyclic amines) is 1. The van der Waals surface area contributed by atoms with E-state index in [1.54, 1.807) is 4.90 Å². The van der Waals surface area contributed by atoms with Gasteiger partial charge in [-0.2, -0.15) is 0 Å². The largest absolute Gasteiger partial charge is 0.395 e. The molecule has 4 N–H and O–H groups in total. The van der Waals surface area contributed by atoms with Crippen LogP contribution in [0.2, 0.25) is 0 Å². The molecule has 1 aliphatic carbocycles. The van der Waals surface area contributed by atoms with Gasteiger partial charge in [0, 0.05) is 19.4 Å². The normalized spacial score (nSPS) is 38.6. The summed E-state index contributed by atoms with van der Waals surface area (Å²) in [6, 6.07) is -0.617. The highest BCUT2D eigenvalue weighted by Crippen LogP contribution is 2.37. The van der Waals surface area contributed by atoms with Crippen molar-refractivity contribution in [2.75, 3.05) is 19.7 Å². The van der Waals surface area contributed by atoms with Crippen LogP contribution in [0.4, 0.5) is 8.78 Å². The van der Waals surface area contributed by atoms with E-state index in [2.05, 4.69) is 0 Å². The van der Waals surface area contributed by atoms with Crippen molar-refractivity contribution in [2.24, 2.45) is 5.92 Å². The molecule has 0 unspecified atom stereocenters. The lowest BCUT2D eigenvalue weighted by molar-refractivity contribution is -0.146. The number of β-amino-alcohol motifs (C(OH)–C–C–N with tert-alkyl or cyclic N) is 1.